The van der Waals surface area contributed by atoms with Gasteiger partial charge in [0.1, 0.15) is 15.9 Å². The van der Waals surface area contributed by atoms with E-state index in [4.69, 9.17) is 11.6 Å². The number of aromatic nitrogens is 1. The van der Waals surface area contributed by atoms with Crippen LogP contribution in [-0.4, -0.2) is 13.4 Å². The molecule has 19 heavy (non-hydrogen) atoms. The van der Waals surface area contributed by atoms with Crippen molar-refractivity contribution in [2.45, 2.75) is 11.8 Å². The molecule has 100 valence electrons. The fourth-order valence-electron chi connectivity index (χ4n) is 1.44. The number of nitrogens with zero attached hydrogens (tertiary/aromatic N) is 1. The van der Waals surface area contributed by atoms with Crippen LogP contribution in [0.1, 0.15) is 5.56 Å². The summed E-state index contributed by atoms with van der Waals surface area (Å²) in [4.78, 5) is 3.66. The first-order chi connectivity index (χ1) is 8.90. The molecule has 1 heterocycles. The van der Waals surface area contributed by atoms with Gasteiger partial charge in [-0.05, 0) is 31.2 Å². The van der Waals surface area contributed by atoms with E-state index in [1.807, 2.05) is 0 Å². The van der Waals surface area contributed by atoms with Gasteiger partial charge in [0, 0.05) is 11.8 Å². The van der Waals surface area contributed by atoms with E-state index < -0.39 is 15.8 Å². The van der Waals surface area contributed by atoms with Crippen molar-refractivity contribution >= 4 is 27.3 Å². The normalized spacial score (nSPS) is 11.3. The van der Waals surface area contributed by atoms with Crippen molar-refractivity contribution in [2.75, 3.05) is 4.72 Å². The first kappa shape index (κ1) is 13.8. The number of pyridine rings is 1. The van der Waals surface area contributed by atoms with Gasteiger partial charge < -0.3 is 0 Å². The molecule has 0 amide bonds. The van der Waals surface area contributed by atoms with Crippen LogP contribution in [0.2, 0.25) is 5.15 Å². The van der Waals surface area contributed by atoms with Crippen LogP contribution in [-0.2, 0) is 10.0 Å². The number of anilines is 1. The highest BCUT2D eigenvalue weighted by atomic mass is 35.5. The van der Waals surface area contributed by atoms with Crippen LogP contribution < -0.4 is 4.72 Å². The molecule has 1 aromatic carbocycles. The van der Waals surface area contributed by atoms with Crippen molar-refractivity contribution < 1.29 is 12.8 Å². The zero-order valence-electron chi connectivity index (χ0n) is 9.89. The molecular formula is C12H10ClFN2O2S. The largest absolute Gasteiger partial charge is 0.279 e. The fraction of sp³-hybridized carbons (Fsp3) is 0.0833. The minimum Gasteiger partial charge on any atom is -0.279 e. The van der Waals surface area contributed by atoms with Crippen LogP contribution in [0.4, 0.5) is 10.1 Å². The second-order valence-corrected chi connectivity index (χ2v) is 5.90. The quantitative estimate of drug-likeness (QED) is 0.887. The van der Waals surface area contributed by atoms with Gasteiger partial charge in [-0.2, -0.15) is 0 Å². The molecular weight excluding hydrogens is 291 g/mol. The summed E-state index contributed by atoms with van der Waals surface area (Å²) < 4.78 is 39.8. The first-order valence-corrected chi connectivity index (χ1v) is 7.16. The molecule has 0 aliphatic heterocycles. The number of halogens is 2. The summed E-state index contributed by atoms with van der Waals surface area (Å²) in [6.45, 7) is 1.49. The average molecular weight is 301 g/mol. The van der Waals surface area contributed by atoms with Gasteiger partial charge in [0.25, 0.3) is 10.0 Å². The Bertz CT molecular complexity index is 702. The Labute approximate surface area is 115 Å². The van der Waals surface area contributed by atoms with Gasteiger partial charge in [0.15, 0.2) is 0 Å². The molecule has 0 saturated heterocycles. The fourth-order valence-corrected chi connectivity index (χ4v) is 2.62. The Morgan fingerprint density at radius 2 is 2.00 bits per heavy atom. The molecule has 4 nitrogen and oxygen atoms in total. The van der Waals surface area contributed by atoms with Crippen molar-refractivity contribution in [3.63, 3.8) is 0 Å². The molecule has 7 heteroatoms. The molecule has 0 aliphatic carbocycles. The third-order valence-corrected chi connectivity index (χ3v) is 4.10. The summed E-state index contributed by atoms with van der Waals surface area (Å²) in [5.41, 5.74) is 0.419. The zero-order valence-corrected chi connectivity index (χ0v) is 11.5. The van der Waals surface area contributed by atoms with Crippen molar-refractivity contribution in [1.29, 1.82) is 0 Å². The van der Waals surface area contributed by atoms with E-state index in [1.54, 1.807) is 0 Å². The van der Waals surface area contributed by atoms with E-state index in [0.717, 1.165) is 6.20 Å². The highest BCUT2D eigenvalue weighted by Gasteiger charge is 2.16. The van der Waals surface area contributed by atoms with E-state index >= 15 is 0 Å². The topological polar surface area (TPSA) is 59.1 Å². The van der Waals surface area contributed by atoms with Crippen LogP contribution in [0.5, 0.6) is 0 Å². The highest BCUT2D eigenvalue weighted by molar-refractivity contribution is 7.92. The summed E-state index contributed by atoms with van der Waals surface area (Å²) >= 11 is 5.59. The van der Waals surface area contributed by atoms with E-state index in [9.17, 15) is 12.8 Å². The van der Waals surface area contributed by atoms with Crippen molar-refractivity contribution in [1.82, 2.24) is 4.98 Å². The zero-order chi connectivity index (χ0) is 14.0. The van der Waals surface area contributed by atoms with E-state index in [0.29, 0.717) is 0 Å². The first-order valence-electron chi connectivity index (χ1n) is 5.29. The molecule has 0 atom stereocenters. The number of sulfonamides is 1. The van der Waals surface area contributed by atoms with Gasteiger partial charge in [-0.3, -0.25) is 4.72 Å². The molecule has 0 radical (unpaired) electrons. The summed E-state index contributed by atoms with van der Waals surface area (Å²) in [7, 11) is -3.81. The van der Waals surface area contributed by atoms with Gasteiger partial charge >= 0.3 is 0 Å². The molecule has 0 saturated carbocycles. The number of nitrogens with one attached hydrogen (secondary N) is 1. The molecule has 0 fully saturated rings. The maximum atomic E-state index is 13.3. The lowest BCUT2D eigenvalue weighted by atomic mass is 10.2. The lowest BCUT2D eigenvalue weighted by molar-refractivity contribution is 0.600. The van der Waals surface area contributed by atoms with Gasteiger partial charge in [0.2, 0.25) is 0 Å². The Balaban J connectivity index is 2.36. The Hall–Kier alpha value is -1.66. The standard InChI is InChI=1S/C12H10ClFN2O2S/c1-8-10(14)3-2-4-11(8)16-19(17,18)9-5-6-12(13)15-7-9/h2-7,16H,1H3. The number of hydrogen-bond acceptors (Lipinski definition) is 3. The number of hydrogen-bond donors (Lipinski definition) is 1. The van der Waals surface area contributed by atoms with Crippen LogP contribution in [0.15, 0.2) is 41.4 Å². The maximum Gasteiger partial charge on any atom is 0.263 e. The second-order valence-electron chi connectivity index (χ2n) is 3.83. The van der Waals surface area contributed by atoms with Crippen LogP contribution in [0.3, 0.4) is 0 Å². The molecule has 1 aromatic heterocycles. The van der Waals surface area contributed by atoms with Gasteiger partial charge in [-0.1, -0.05) is 17.7 Å². The molecule has 2 aromatic rings. The van der Waals surface area contributed by atoms with Gasteiger partial charge in [-0.25, -0.2) is 17.8 Å². The van der Waals surface area contributed by atoms with Gasteiger partial charge in [0.05, 0.1) is 5.69 Å². The lowest BCUT2D eigenvalue weighted by Crippen LogP contribution is -2.14. The number of rotatable bonds is 3. The van der Waals surface area contributed by atoms with Gasteiger partial charge in [-0.15, -0.1) is 0 Å². The summed E-state index contributed by atoms with van der Waals surface area (Å²) in [6.07, 6.45) is 1.14. The Kier molecular flexibility index (Phi) is 3.73. The third-order valence-electron chi connectivity index (χ3n) is 2.52. The van der Waals surface area contributed by atoms with Crippen molar-refractivity contribution in [2.24, 2.45) is 0 Å². The predicted molar refractivity (Wildman–Crippen MR) is 71.2 cm³/mol. The van der Waals surface area contributed by atoms with Crippen molar-refractivity contribution in [3.8, 4) is 0 Å². The van der Waals surface area contributed by atoms with E-state index in [2.05, 4.69) is 9.71 Å². The minimum absolute atomic E-state index is 0.0411. The SMILES string of the molecule is Cc1c(F)cccc1NS(=O)(=O)c1ccc(Cl)nc1. The molecule has 0 unspecified atom stereocenters. The van der Waals surface area contributed by atoms with Crippen LogP contribution >= 0.6 is 11.6 Å². The van der Waals surface area contributed by atoms with Crippen LogP contribution in [0.25, 0.3) is 0 Å². The van der Waals surface area contributed by atoms with E-state index in [-0.39, 0.29) is 21.3 Å². The lowest BCUT2D eigenvalue weighted by Gasteiger charge is -2.10. The van der Waals surface area contributed by atoms with E-state index in [1.165, 1.54) is 37.3 Å². The molecule has 1 N–H and O–H groups in total. The molecule has 0 aliphatic rings. The summed E-state index contributed by atoms with van der Waals surface area (Å²) in [5.74, 6) is -0.477. The Morgan fingerprint density at radius 1 is 1.26 bits per heavy atom. The van der Waals surface area contributed by atoms with Crippen molar-refractivity contribution in [3.05, 3.63) is 53.1 Å². The monoisotopic (exact) mass is 300 g/mol. The molecule has 2 rings (SSSR count). The third kappa shape index (κ3) is 3.02. The summed E-state index contributed by atoms with van der Waals surface area (Å²) in [6, 6.07) is 6.87. The summed E-state index contributed by atoms with van der Waals surface area (Å²) in [5, 5.41) is 0.195. The average Bonchev–Trinajstić information content (AvgIpc) is 2.35. The molecule has 0 spiro atoms. The van der Waals surface area contributed by atoms with Crippen LogP contribution in [0, 0.1) is 12.7 Å². The highest BCUT2D eigenvalue weighted by Crippen LogP contribution is 2.21. The minimum atomic E-state index is -3.81. The second kappa shape index (κ2) is 5.14. The maximum absolute atomic E-state index is 13.3. The smallest absolute Gasteiger partial charge is 0.263 e. The Morgan fingerprint density at radius 3 is 2.63 bits per heavy atom. The molecule has 0 bridgehead atoms. The predicted octanol–water partition coefficient (Wildman–Crippen LogP) is 2.98. The number of benzene rings is 1.